The van der Waals surface area contributed by atoms with Gasteiger partial charge < -0.3 is 9.84 Å². The zero-order chi connectivity index (χ0) is 11.5. The van der Waals surface area contributed by atoms with Crippen LogP contribution in [0.25, 0.3) is 10.8 Å². The van der Waals surface area contributed by atoms with Crippen molar-refractivity contribution in [3.8, 4) is 5.75 Å². The van der Waals surface area contributed by atoms with Crippen molar-refractivity contribution in [1.82, 2.24) is 0 Å². The number of benzene rings is 2. The summed E-state index contributed by atoms with van der Waals surface area (Å²) in [6, 6.07) is 12.0. The number of hydrogen-bond donors (Lipinski definition) is 1. The molecule has 0 radical (unpaired) electrons. The van der Waals surface area contributed by atoms with Crippen LogP contribution in [0, 0.1) is 0 Å². The molecule has 2 nitrogen and oxygen atoms in total. The molecule has 84 valence electrons. The molecule has 0 heterocycles. The molecule has 0 spiro atoms. The lowest BCUT2D eigenvalue weighted by atomic mass is 10.0. The summed E-state index contributed by atoms with van der Waals surface area (Å²) in [5, 5.41) is 11.9. The molecule has 0 amide bonds. The van der Waals surface area contributed by atoms with Crippen molar-refractivity contribution in [2.75, 3.05) is 6.61 Å². The third kappa shape index (κ3) is 1.89. The maximum atomic E-state index is 9.71. The molecule has 2 aromatic carbocycles. The fourth-order valence-electron chi connectivity index (χ4n) is 1.89. The van der Waals surface area contributed by atoms with E-state index in [0.717, 1.165) is 22.1 Å². The van der Waals surface area contributed by atoms with Gasteiger partial charge in [-0.05, 0) is 19.2 Å². The number of ether oxygens (including phenoxy) is 1. The predicted molar refractivity (Wildman–Crippen MR) is 65.8 cm³/mol. The van der Waals surface area contributed by atoms with Gasteiger partial charge in [-0.2, -0.15) is 0 Å². The lowest BCUT2D eigenvalue weighted by molar-refractivity contribution is 0.192. The summed E-state index contributed by atoms with van der Waals surface area (Å²) >= 11 is 0. The van der Waals surface area contributed by atoms with Gasteiger partial charge in [0.2, 0.25) is 0 Å². The molecule has 0 aliphatic heterocycles. The third-order valence-electron chi connectivity index (χ3n) is 2.65. The highest BCUT2D eigenvalue weighted by Crippen LogP contribution is 2.33. The van der Waals surface area contributed by atoms with Gasteiger partial charge in [0, 0.05) is 10.9 Å². The molecule has 0 saturated heterocycles. The van der Waals surface area contributed by atoms with Crippen LogP contribution < -0.4 is 4.74 Å². The Labute approximate surface area is 95.5 Å². The van der Waals surface area contributed by atoms with E-state index in [1.165, 1.54) is 0 Å². The molecule has 0 unspecified atom stereocenters. The van der Waals surface area contributed by atoms with Gasteiger partial charge in [0.15, 0.2) is 0 Å². The van der Waals surface area contributed by atoms with Crippen molar-refractivity contribution in [1.29, 1.82) is 0 Å². The SMILES string of the molecule is CCOc1c([C@@H](C)O)ccc2ccccc12. The minimum absolute atomic E-state index is 0.508. The molecule has 2 aromatic rings. The number of aliphatic hydroxyl groups excluding tert-OH is 1. The molecule has 0 saturated carbocycles. The average Bonchev–Trinajstić information content (AvgIpc) is 2.29. The lowest BCUT2D eigenvalue weighted by Crippen LogP contribution is -2.00. The first-order chi connectivity index (χ1) is 7.74. The van der Waals surface area contributed by atoms with Gasteiger partial charge in [0.1, 0.15) is 5.75 Å². The van der Waals surface area contributed by atoms with Gasteiger partial charge in [-0.25, -0.2) is 0 Å². The molecule has 16 heavy (non-hydrogen) atoms. The molecule has 1 N–H and O–H groups in total. The Morgan fingerprint density at radius 1 is 1.19 bits per heavy atom. The quantitative estimate of drug-likeness (QED) is 0.853. The van der Waals surface area contributed by atoms with Gasteiger partial charge in [-0.15, -0.1) is 0 Å². The van der Waals surface area contributed by atoms with Crippen LogP contribution in [0.4, 0.5) is 0 Å². The molecule has 0 aliphatic rings. The number of aliphatic hydroxyl groups is 1. The fourth-order valence-corrected chi connectivity index (χ4v) is 1.89. The second-order valence-electron chi connectivity index (χ2n) is 3.81. The second kappa shape index (κ2) is 4.54. The van der Waals surface area contributed by atoms with Crippen molar-refractivity contribution in [2.45, 2.75) is 20.0 Å². The van der Waals surface area contributed by atoms with E-state index in [9.17, 15) is 5.11 Å². The monoisotopic (exact) mass is 216 g/mol. The minimum atomic E-state index is -0.508. The van der Waals surface area contributed by atoms with E-state index in [0.29, 0.717) is 6.61 Å². The Morgan fingerprint density at radius 2 is 1.94 bits per heavy atom. The van der Waals surface area contributed by atoms with Gasteiger partial charge in [0.25, 0.3) is 0 Å². The summed E-state index contributed by atoms with van der Waals surface area (Å²) in [5.74, 6) is 0.801. The van der Waals surface area contributed by atoms with E-state index in [1.54, 1.807) is 6.92 Å². The highest BCUT2D eigenvalue weighted by Gasteiger charge is 2.12. The zero-order valence-electron chi connectivity index (χ0n) is 9.60. The molecule has 0 aliphatic carbocycles. The van der Waals surface area contributed by atoms with Crippen molar-refractivity contribution in [3.63, 3.8) is 0 Å². The second-order valence-corrected chi connectivity index (χ2v) is 3.81. The molecule has 1 atom stereocenters. The summed E-state index contributed by atoms with van der Waals surface area (Å²) in [4.78, 5) is 0. The summed E-state index contributed by atoms with van der Waals surface area (Å²) in [7, 11) is 0. The lowest BCUT2D eigenvalue weighted by Gasteiger charge is -2.15. The van der Waals surface area contributed by atoms with Crippen LogP contribution in [0.3, 0.4) is 0 Å². The van der Waals surface area contributed by atoms with Crippen LogP contribution in [-0.2, 0) is 0 Å². The molecular weight excluding hydrogens is 200 g/mol. The molecule has 2 rings (SSSR count). The Morgan fingerprint density at radius 3 is 2.62 bits per heavy atom. The van der Waals surface area contributed by atoms with Crippen LogP contribution in [-0.4, -0.2) is 11.7 Å². The highest BCUT2D eigenvalue weighted by molar-refractivity contribution is 5.89. The fraction of sp³-hybridized carbons (Fsp3) is 0.286. The van der Waals surface area contributed by atoms with Crippen molar-refractivity contribution < 1.29 is 9.84 Å². The largest absolute Gasteiger partial charge is 0.493 e. The van der Waals surface area contributed by atoms with Crippen molar-refractivity contribution >= 4 is 10.8 Å². The van der Waals surface area contributed by atoms with E-state index in [-0.39, 0.29) is 0 Å². The Balaban J connectivity index is 2.68. The standard InChI is InChI=1S/C14H16O2/c1-3-16-14-12(10(2)15)9-8-11-6-4-5-7-13(11)14/h4-10,15H,3H2,1-2H3/t10-/m1/s1. The summed E-state index contributed by atoms with van der Waals surface area (Å²) in [6.45, 7) is 4.31. The van der Waals surface area contributed by atoms with Crippen LogP contribution >= 0.6 is 0 Å². The maximum absolute atomic E-state index is 9.71. The topological polar surface area (TPSA) is 29.5 Å². The van der Waals surface area contributed by atoms with Gasteiger partial charge in [-0.1, -0.05) is 36.4 Å². The Kier molecular flexibility index (Phi) is 3.11. The molecular formula is C14H16O2. The van der Waals surface area contributed by atoms with Crippen LogP contribution in [0.5, 0.6) is 5.75 Å². The van der Waals surface area contributed by atoms with E-state index < -0.39 is 6.10 Å². The van der Waals surface area contributed by atoms with Crippen LogP contribution in [0.2, 0.25) is 0 Å². The minimum Gasteiger partial charge on any atom is -0.493 e. The van der Waals surface area contributed by atoms with Gasteiger partial charge in [-0.3, -0.25) is 0 Å². The van der Waals surface area contributed by atoms with E-state index >= 15 is 0 Å². The van der Waals surface area contributed by atoms with E-state index in [4.69, 9.17) is 4.74 Å². The number of hydrogen-bond acceptors (Lipinski definition) is 2. The first kappa shape index (κ1) is 11.0. The Bertz CT molecular complexity index is 489. The molecule has 0 bridgehead atoms. The Hall–Kier alpha value is -1.54. The summed E-state index contributed by atoms with van der Waals surface area (Å²) in [6.07, 6.45) is -0.508. The summed E-state index contributed by atoms with van der Waals surface area (Å²) in [5.41, 5.74) is 0.848. The van der Waals surface area contributed by atoms with Crippen molar-refractivity contribution in [3.05, 3.63) is 42.0 Å². The van der Waals surface area contributed by atoms with Crippen LogP contribution in [0.1, 0.15) is 25.5 Å². The normalized spacial score (nSPS) is 12.7. The average molecular weight is 216 g/mol. The summed E-state index contributed by atoms with van der Waals surface area (Å²) < 4.78 is 5.65. The molecule has 2 heteroatoms. The van der Waals surface area contributed by atoms with Crippen molar-refractivity contribution in [2.24, 2.45) is 0 Å². The van der Waals surface area contributed by atoms with E-state index in [1.807, 2.05) is 43.3 Å². The number of rotatable bonds is 3. The molecule has 0 aromatic heterocycles. The van der Waals surface area contributed by atoms with Crippen LogP contribution in [0.15, 0.2) is 36.4 Å². The highest BCUT2D eigenvalue weighted by atomic mass is 16.5. The predicted octanol–water partition coefficient (Wildman–Crippen LogP) is 3.29. The first-order valence-corrected chi connectivity index (χ1v) is 5.56. The van der Waals surface area contributed by atoms with Gasteiger partial charge in [0.05, 0.1) is 12.7 Å². The maximum Gasteiger partial charge on any atom is 0.132 e. The van der Waals surface area contributed by atoms with Gasteiger partial charge >= 0.3 is 0 Å². The number of fused-ring (bicyclic) bond motifs is 1. The smallest absolute Gasteiger partial charge is 0.132 e. The van der Waals surface area contributed by atoms with E-state index in [2.05, 4.69) is 0 Å². The molecule has 0 fully saturated rings. The zero-order valence-corrected chi connectivity index (χ0v) is 9.60. The third-order valence-corrected chi connectivity index (χ3v) is 2.65. The first-order valence-electron chi connectivity index (χ1n) is 5.56.